The van der Waals surface area contributed by atoms with Gasteiger partial charge < -0.3 is 19.9 Å². The molecular formula is C31H34N4O. The highest BCUT2D eigenvalue weighted by atomic mass is 16.5. The molecule has 5 heteroatoms. The smallest absolute Gasteiger partial charge is 0.138 e. The van der Waals surface area contributed by atoms with Crippen LogP contribution in [0, 0.1) is 0 Å². The Hall–Kier alpha value is -3.83. The molecule has 0 amide bonds. The summed E-state index contributed by atoms with van der Waals surface area (Å²) < 4.78 is 5.39. The van der Waals surface area contributed by atoms with E-state index in [1.807, 2.05) is 20.0 Å². The maximum Gasteiger partial charge on any atom is 0.138 e. The van der Waals surface area contributed by atoms with Crippen molar-refractivity contribution in [2.75, 3.05) is 43.6 Å². The third kappa shape index (κ3) is 5.37. The molecule has 1 aromatic heterocycles. The molecule has 0 saturated carbocycles. The lowest BCUT2D eigenvalue weighted by molar-refractivity contribution is 0.178. The fourth-order valence-corrected chi connectivity index (χ4v) is 4.66. The summed E-state index contributed by atoms with van der Waals surface area (Å²) in [7, 11) is 1.94. The predicted octanol–water partition coefficient (Wildman–Crippen LogP) is 7.10. The molecule has 2 N–H and O–H groups in total. The van der Waals surface area contributed by atoms with Crippen molar-refractivity contribution in [3.63, 3.8) is 0 Å². The van der Waals surface area contributed by atoms with E-state index in [-0.39, 0.29) is 0 Å². The summed E-state index contributed by atoms with van der Waals surface area (Å²) in [6, 6.07) is 25.8. The number of rotatable bonds is 9. The van der Waals surface area contributed by atoms with Gasteiger partial charge in [-0.15, -0.1) is 0 Å². The van der Waals surface area contributed by atoms with Crippen molar-refractivity contribution in [3.8, 4) is 33.9 Å². The molecule has 5 nitrogen and oxygen atoms in total. The molecule has 1 aliphatic heterocycles. The molecule has 1 saturated heterocycles. The molecule has 5 rings (SSSR count). The Morgan fingerprint density at radius 1 is 0.889 bits per heavy atom. The van der Waals surface area contributed by atoms with Gasteiger partial charge in [-0.3, -0.25) is 0 Å². The van der Waals surface area contributed by atoms with Crippen LogP contribution in [0.1, 0.15) is 25.3 Å². The molecule has 4 aromatic rings. The van der Waals surface area contributed by atoms with Crippen molar-refractivity contribution < 1.29 is 4.74 Å². The maximum absolute atomic E-state index is 5.39. The highest BCUT2D eigenvalue weighted by Gasteiger charge is 2.17. The van der Waals surface area contributed by atoms with Gasteiger partial charge >= 0.3 is 0 Å². The van der Waals surface area contributed by atoms with Crippen LogP contribution in [0.15, 0.2) is 78.9 Å². The van der Waals surface area contributed by atoms with E-state index >= 15 is 0 Å². The van der Waals surface area contributed by atoms with Crippen molar-refractivity contribution in [3.05, 3.63) is 84.4 Å². The number of hydrogen-bond acceptors (Lipinski definition) is 4. The molecule has 0 atom stereocenters. The molecule has 0 bridgehead atoms. The Morgan fingerprint density at radius 2 is 1.56 bits per heavy atom. The van der Waals surface area contributed by atoms with Crippen LogP contribution < -0.4 is 10.2 Å². The van der Waals surface area contributed by atoms with E-state index in [1.54, 1.807) is 0 Å². The highest BCUT2D eigenvalue weighted by Crippen LogP contribution is 2.35. The van der Waals surface area contributed by atoms with E-state index in [1.165, 1.54) is 18.5 Å². The first kappa shape index (κ1) is 23.9. The van der Waals surface area contributed by atoms with Gasteiger partial charge in [0.05, 0.1) is 18.0 Å². The van der Waals surface area contributed by atoms with E-state index in [0.29, 0.717) is 6.61 Å². The molecular weight excluding hydrogens is 444 g/mol. The van der Waals surface area contributed by atoms with Crippen LogP contribution in [0.3, 0.4) is 0 Å². The Bertz CT molecular complexity index is 1280. The summed E-state index contributed by atoms with van der Waals surface area (Å²) in [6.45, 7) is 5.66. The lowest BCUT2D eigenvalue weighted by atomic mass is 10.0. The normalized spacial score (nSPS) is 13.6. The second kappa shape index (κ2) is 11.3. The molecule has 2 heterocycles. The minimum absolute atomic E-state index is 0.631. The molecule has 0 unspecified atom stereocenters. The number of H-pyrrole nitrogens is 1. The molecule has 1 fully saturated rings. The van der Waals surface area contributed by atoms with E-state index in [0.717, 1.165) is 64.8 Å². The topological polar surface area (TPSA) is 53.2 Å². The van der Waals surface area contributed by atoms with Gasteiger partial charge in [0.2, 0.25) is 0 Å². The quantitative estimate of drug-likeness (QED) is 0.252. The van der Waals surface area contributed by atoms with Crippen LogP contribution in [-0.4, -0.2) is 43.3 Å². The van der Waals surface area contributed by atoms with Crippen LogP contribution in [0.5, 0.6) is 0 Å². The summed E-state index contributed by atoms with van der Waals surface area (Å²) in [5.41, 5.74) is 8.81. The third-order valence-electron chi connectivity index (χ3n) is 6.69. The monoisotopic (exact) mass is 478 g/mol. The van der Waals surface area contributed by atoms with Gasteiger partial charge in [0.25, 0.3) is 0 Å². The molecule has 0 aliphatic carbocycles. The zero-order chi connectivity index (χ0) is 24.7. The lowest BCUT2D eigenvalue weighted by Crippen LogP contribution is -2.17. The largest absolute Gasteiger partial charge is 0.388 e. The molecule has 1 aliphatic rings. The highest BCUT2D eigenvalue weighted by molar-refractivity contribution is 5.82. The number of benzene rings is 3. The van der Waals surface area contributed by atoms with Gasteiger partial charge in [0.15, 0.2) is 0 Å². The Kier molecular flexibility index (Phi) is 7.48. The van der Waals surface area contributed by atoms with E-state index < -0.39 is 0 Å². The third-order valence-corrected chi connectivity index (χ3v) is 6.69. The van der Waals surface area contributed by atoms with Gasteiger partial charge in [0.1, 0.15) is 5.82 Å². The van der Waals surface area contributed by atoms with Gasteiger partial charge in [0, 0.05) is 54.8 Å². The van der Waals surface area contributed by atoms with Gasteiger partial charge in [-0.25, -0.2) is 4.98 Å². The zero-order valence-corrected chi connectivity index (χ0v) is 21.1. The number of imidazole rings is 1. The fraction of sp³-hybridized carbons (Fsp3) is 0.258. The summed E-state index contributed by atoms with van der Waals surface area (Å²) in [6.07, 6.45) is 6.69. The predicted molar refractivity (Wildman–Crippen MR) is 151 cm³/mol. The van der Waals surface area contributed by atoms with Crippen molar-refractivity contribution >= 4 is 17.5 Å². The Labute approximate surface area is 213 Å². The Balaban J connectivity index is 1.47. The second-order valence-corrected chi connectivity index (χ2v) is 9.06. The number of nitrogens with zero attached hydrogens (tertiary/aromatic N) is 2. The van der Waals surface area contributed by atoms with E-state index in [4.69, 9.17) is 9.72 Å². The minimum Gasteiger partial charge on any atom is -0.388 e. The minimum atomic E-state index is 0.631. The van der Waals surface area contributed by atoms with E-state index in [9.17, 15) is 0 Å². The lowest BCUT2D eigenvalue weighted by Gasteiger charge is -2.17. The molecule has 184 valence electrons. The summed E-state index contributed by atoms with van der Waals surface area (Å²) >= 11 is 0. The van der Waals surface area contributed by atoms with Crippen LogP contribution in [0.2, 0.25) is 0 Å². The number of aromatic nitrogens is 2. The average Bonchev–Trinajstić information content (AvgIpc) is 3.63. The maximum atomic E-state index is 5.39. The van der Waals surface area contributed by atoms with Crippen molar-refractivity contribution in [1.29, 1.82) is 0 Å². The van der Waals surface area contributed by atoms with Crippen LogP contribution >= 0.6 is 0 Å². The Morgan fingerprint density at radius 3 is 2.22 bits per heavy atom. The number of aromatic amines is 1. The molecule has 0 radical (unpaired) electrons. The van der Waals surface area contributed by atoms with Crippen LogP contribution in [0.4, 0.5) is 11.4 Å². The number of hydrogen-bond donors (Lipinski definition) is 2. The first-order chi connectivity index (χ1) is 17.7. The first-order valence-electron chi connectivity index (χ1n) is 12.8. The standard InChI is InChI=1S/C31H34N4O/c1-3-36-22-6-7-23-8-10-26(11-9-23)31-33-29(24-12-16-27(32-2)17-13-24)30(34-31)25-14-18-28(19-15-25)35-20-4-5-21-35/h6-19,32H,3-5,20-22H2,1-2H3,(H,33,34)/b7-6+. The molecule has 36 heavy (non-hydrogen) atoms. The molecule has 0 spiro atoms. The zero-order valence-electron chi connectivity index (χ0n) is 21.1. The number of anilines is 2. The van der Waals surface area contributed by atoms with Gasteiger partial charge in [-0.2, -0.15) is 0 Å². The van der Waals surface area contributed by atoms with Crippen molar-refractivity contribution in [1.82, 2.24) is 9.97 Å². The summed E-state index contributed by atoms with van der Waals surface area (Å²) in [4.78, 5) is 11.2. The second-order valence-electron chi connectivity index (χ2n) is 9.06. The van der Waals surface area contributed by atoms with Crippen LogP contribution in [0.25, 0.3) is 40.0 Å². The van der Waals surface area contributed by atoms with Gasteiger partial charge in [-0.1, -0.05) is 60.7 Å². The van der Waals surface area contributed by atoms with Gasteiger partial charge in [-0.05, 0) is 49.6 Å². The fourth-order valence-electron chi connectivity index (χ4n) is 4.66. The molecule has 3 aromatic carbocycles. The number of nitrogens with one attached hydrogen (secondary N) is 2. The van der Waals surface area contributed by atoms with E-state index in [2.05, 4.69) is 94.1 Å². The van der Waals surface area contributed by atoms with Crippen molar-refractivity contribution in [2.45, 2.75) is 19.8 Å². The van der Waals surface area contributed by atoms with Crippen molar-refractivity contribution in [2.24, 2.45) is 0 Å². The number of ether oxygens (including phenoxy) is 1. The van der Waals surface area contributed by atoms with Crippen LogP contribution in [-0.2, 0) is 4.74 Å². The first-order valence-corrected chi connectivity index (χ1v) is 12.8. The summed E-state index contributed by atoms with van der Waals surface area (Å²) in [5, 5.41) is 3.20. The summed E-state index contributed by atoms with van der Waals surface area (Å²) in [5.74, 6) is 0.867. The average molecular weight is 479 g/mol. The SMILES string of the molecule is CCOC/C=C/c1ccc(-c2nc(-c3ccc(NC)cc3)c(-c3ccc(N4CCCC4)cc3)[nH]2)cc1.